The van der Waals surface area contributed by atoms with Gasteiger partial charge in [0.2, 0.25) is 0 Å². The second kappa shape index (κ2) is 6.22. The van der Waals surface area contributed by atoms with Crippen molar-refractivity contribution in [2.75, 3.05) is 0 Å². The number of halogens is 3. The molecule has 0 N–H and O–H groups in total. The Morgan fingerprint density at radius 2 is 1.81 bits per heavy atom. The van der Waals surface area contributed by atoms with Crippen molar-refractivity contribution in [2.45, 2.75) is 18.8 Å². The summed E-state index contributed by atoms with van der Waals surface area (Å²) in [5, 5.41) is 1.32. The van der Waals surface area contributed by atoms with Gasteiger partial charge in [-0.05, 0) is 30.2 Å². The molecule has 3 nitrogen and oxygen atoms in total. The molecule has 108 valence electrons. The fourth-order valence-electron chi connectivity index (χ4n) is 2.26. The number of aromatic nitrogens is 3. The minimum absolute atomic E-state index is 0.342. The van der Waals surface area contributed by atoms with E-state index in [1.54, 1.807) is 12.3 Å². The summed E-state index contributed by atoms with van der Waals surface area (Å²) in [6.45, 7) is 0.759. The number of hydrogen-bond donors (Lipinski definition) is 0. The lowest BCUT2D eigenvalue weighted by Crippen LogP contribution is -2.05. The van der Waals surface area contributed by atoms with Gasteiger partial charge in [0.25, 0.3) is 0 Å². The van der Waals surface area contributed by atoms with Crippen LogP contribution in [0, 0.1) is 0 Å². The molecule has 0 radical (unpaired) electrons. The van der Waals surface area contributed by atoms with Crippen LogP contribution in [0.4, 0.5) is 0 Å². The van der Waals surface area contributed by atoms with Crippen molar-refractivity contribution in [1.82, 2.24) is 14.5 Å². The Balaban J connectivity index is 1.90. The second-order valence-electron chi connectivity index (χ2n) is 4.69. The summed E-state index contributed by atoms with van der Waals surface area (Å²) in [6, 6.07) is 9.63. The van der Waals surface area contributed by atoms with Gasteiger partial charge in [-0.25, -0.2) is 9.97 Å². The lowest BCUT2D eigenvalue weighted by atomic mass is 10.1. The zero-order chi connectivity index (χ0) is 14.8. The zero-order valence-electron chi connectivity index (χ0n) is 11.1. The molecule has 0 aliphatic rings. The van der Waals surface area contributed by atoms with Crippen LogP contribution in [-0.4, -0.2) is 14.5 Å². The van der Waals surface area contributed by atoms with Crippen LogP contribution in [-0.2, 0) is 18.8 Å². The number of aryl methyl sites for hydroxylation is 2. The lowest BCUT2D eigenvalue weighted by Gasteiger charge is -2.07. The Kier molecular flexibility index (Phi) is 4.34. The van der Waals surface area contributed by atoms with Crippen LogP contribution in [0.15, 0.2) is 36.5 Å². The molecule has 3 aromatic rings. The van der Waals surface area contributed by atoms with Gasteiger partial charge in [0.05, 0.1) is 10.9 Å². The third kappa shape index (κ3) is 3.15. The quantitative estimate of drug-likeness (QED) is 0.643. The SMILES string of the molecule is ClCc1nc2cc(Cl)cnc2n1CCc1ccc(Cl)cc1. The van der Waals surface area contributed by atoms with Gasteiger partial charge in [-0.3, -0.25) is 0 Å². The fourth-order valence-corrected chi connectivity index (χ4v) is 2.74. The van der Waals surface area contributed by atoms with E-state index in [1.165, 1.54) is 5.56 Å². The number of nitrogens with zero attached hydrogens (tertiary/aromatic N) is 3. The minimum atomic E-state index is 0.342. The molecule has 0 spiro atoms. The molecule has 0 saturated heterocycles. The van der Waals surface area contributed by atoms with E-state index in [-0.39, 0.29) is 0 Å². The van der Waals surface area contributed by atoms with E-state index in [1.807, 2.05) is 28.8 Å². The first-order valence-corrected chi connectivity index (χ1v) is 7.77. The molecule has 0 atom stereocenters. The number of benzene rings is 1. The summed E-state index contributed by atoms with van der Waals surface area (Å²) in [4.78, 5) is 8.85. The van der Waals surface area contributed by atoms with E-state index >= 15 is 0 Å². The van der Waals surface area contributed by atoms with Crippen molar-refractivity contribution in [2.24, 2.45) is 0 Å². The van der Waals surface area contributed by atoms with Gasteiger partial charge in [-0.1, -0.05) is 35.3 Å². The van der Waals surface area contributed by atoms with Crippen LogP contribution in [0.3, 0.4) is 0 Å². The lowest BCUT2D eigenvalue weighted by molar-refractivity contribution is 0.682. The van der Waals surface area contributed by atoms with Crippen LogP contribution in [0.1, 0.15) is 11.4 Å². The zero-order valence-corrected chi connectivity index (χ0v) is 13.3. The Morgan fingerprint density at radius 1 is 1.05 bits per heavy atom. The summed E-state index contributed by atoms with van der Waals surface area (Å²) < 4.78 is 2.03. The van der Waals surface area contributed by atoms with E-state index in [2.05, 4.69) is 9.97 Å². The highest BCUT2D eigenvalue weighted by atomic mass is 35.5. The predicted octanol–water partition coefficient (Wildman–Crippen LogP) is 4.72. The molecule has 0 bridgehead atoms. The highest BCUT2D eigenvalue weighted by Crippen LogP contribution is 2.20. The summed E-state index contributed by atoms with van der Waals surface area (Å²) >= 11 is 17.8. The smallest absolute Gasteiger partial charge is 0.160 e. The first-order valence-electron chi connectivity index (χ1n) is 6.48. The van der Waals surface area contributed by atoms with E-state index in [4.69, 9.17) is 34.8 Å². The predicted molar refractivity (Wildman–Crippen MR) is 87.3 cm³/mol. The Morgan fingerprint density at radius 3 is 2.52 bits per heavy atom. The van der Waals surface area contributed by atoms with E-state index in [9.17, 15) is 0 Å². The average Bonchev–Trinajstić information content (AvgIpc) is 2.83. The second-order valence-corrected chi connectivity index (χ2v) is 5.83. The van der Waals surface area contributed by atoms with Gasteiger partial charge < -0.3 is 4.57 Å². The van der Waals surface area contributed by atoms with Crippen molar-refractivity contribution in [1.29, 1.82) is 0 Å². The van der Waals surface area contributed by atoms with E-state index < -0.39 is 0 Å². The summed E-state index contributed by atoms with van der Waals surface area (Å²) in [6.07, 6.45) is 2.49. The molecule has 3 rings (SSSR count). The number of pyridine rings is 1. The Hall–Kier alpha value is -1.29. The maximum Gasteiger partial charge on any atom is 0.160 e. The number of alkyl halides is 1. The van der Waals surface area contributed by atoms with Crippen molar-refractivity contribution in [3.05, 3.63) is 58.0 Å². The van der Waals surface area contributed by atoms with Crippen molar-refractivity contribution < 1.29 is 0 Å². The van der Waals surface area contributed by atoms with Crippen LogP contribution < -0.4 is 0 Å². The first-order chi connectivity index (χ1) is 10.2. The fraction of sp³-hybridized carbons (Fsp3) is 0.200. The average molecular weight is 341 g/mol. The maximum absolute atomic E-state index is 5.98. The molecule has 1 aromatic carbocycles. The molecule has 2 heterocycles. The van der Waals surface area contributed by atoms with Gasteiger partial charge >= 0.3 is 0 Å². The largest absolute Gasteiger partial charge is 0.311 e. The van der Waals surface area contributed by atoms with Gasteiger partial charge in [-0.2, -0.15) is 0 Å². The van der Waals surface area contributed by atoms with Gasteiger partial charge in [-0.15, -0.1) is 11.6 Å². The number of hydrogen-bond acceptors (Lipinski definition) is 2. The van der Waals surface area contributed by atoms with Gasteiger partial charge in [0.1, 0.15) is 11.3 Å². The van der Waals surface area contributed by atoms with E-state index in [0.717, 1.165) is 35.0 Å². The molecule has 0 amide bonds. The van der Waals surface area contributed by atoms with Gasteiger partial charge in [0, 0.05) is 17.8 Å². The molecule has 0 unspecified atom stereocenters. The highest BCUT2D eigenvalue weighted by Gasteiger charge is 2.11. The maximum atomic E-state index is 5.98. The minimum Gasteiger partial charge on any atom is -0.311 e. The summed E-state index contributed by atoms with van der Waals surface area (Å²) in [5.74, 6) is 1.14. The Labute approximate surface area is 137 Å². The highest BCUT2D eigenvalue weighted by molar-refractivity contribution is 6.31. The van der Waals surface area contributed by atoms with Crippen LogP contribution >= 0.6 is 34.8 Å². The molecule has 0 aliphatic carbocycles. The van der Waals surface area contributed by atoms with Crippen molar-refractivity contribution in [3.63, 3.8) is 0 Å². The van der Waals surface area contributed by atoms with Crippen LogP contribution in [0.25, 0.3) is 11.2 Å². The Bertz CT molecular complexity index is 766. The number of imidazole rings is 1. The van der Waals surface area contributed by atoms with Crippen molar-refractivity contribution >= 4 is 46.0 Å². The standard InChI is InChI=1S/C15H12Cl3N3/c16-8-14-20-13-7-12(18)9-19-15(13)21(14)6-5-10-1-3-11(17)4-2-10/h1-4,7,9H,5-6,8H2. The third-order valence-corrected chi connectivity index (χ3v) is 3.99. The molecular weight excluding hydrogens is 329 g/mol. The third-order valence-electron chi connectivity index (χ3n) is 3.29. The molecule has 6 heteroatoms. The molecule has 21 heavy (non-hydrogen) atoms. The summed E-state index contributed by atoms with van der Waals surface area (Å²) in [7, 11) is 0. The topological polar surface area (TPSA) is 30.7 Å². The number of fused-ring (bicyclic) bond motifs is 1. The molecule has 0 aliphatic heterocycles. The van der Waals surface area contributed by atoms with Crippen LogP contribution in [0.5, 0.6) is 0 Å². The molecule has 0 fully saturated rings. The summed E-state index contributed by atoms with van der Waals surface area (Å²) in [5.41, 5.74) is 2.79. The number of rotatable bonds is 4. The monoisotopic (exact) mass is 339 g/mol. The normalized spacial score (nSPS) is 11.2. The van der Waals surface area contributed by atoms with Gasteiger partial charge in [0.15, 0.2) is 5.65 Å². The van der Waals surface area contributed by atoms with E-state index in [0.29, 0.717) is 10.9 Å². The first kappa shape index (κ1) is 14.6. The molecule has 2 aromatic heterocycles. The van der Waals surface area contributed by atoms with Crippen molar-refractivity contribution in [3.8, 4) is 0 Å². The molecule has 0 saturated carbocycles. The van der Waals surface area contributed by atoms with Crippen LogP contribution in [0.2, 0.25) is 10.0 Å². The molecular formula is C15H12Cl3N3.